The lowest BCUT2D eigenvalue weighted by molar-refractivity contribution is 0.199. The van der Waals surface area contributed by atoms with Crippen LogP contribution in [0.25, 0.3) is 0 Å². The average Bonchev–Trinajstić information content (AvgIpc) is 2.49. The SMILES string of the molecule is CC(O)c1ccc(N(CCC#N)c2ccccc2)cc1. The first-order chi connectivity index (χ1) is 9.72. The van der Waals surface area contributed by atoms with Crippen molar-refractivity contribution in [3.63, 3.8) is 0 Å². The van der Waals surface area contributed by atoms with E-state index in [0.29, 0.717) is 13.0 Å². The van der Waals surface area contributed by atoms with Crippen LogP contribution in [0.4, 0.5) is 11.4 Å². The van der Waals surface area contributed by atoms with Gasteiger partial charge in [-0.1, -0.05) is 30.3 Å². The number of nitriles is 1. The van der Waals surface area contributed by atoms with Crippen molar-refractivity contribution < 1.29 is 5.11 Å². The monoisotopic (exact) mass is 266 g/mol. The van der Waals surface area contributed by atoms with Gasteiger partial charge in [-0.3, -0.25) is 0 Å². The molecule has 3 heteroatoms. The van der Waals surface area contributed by atoms with Crippen molar-refractivity contribution in [1.82, 2.24) is 0 Å². The molecule has 0 saturated heterocycles. The summed E-state index contributed by atoms with van der Waals surface area (Å²) in [5, 5.41) is 18.4. The maximum Gasteiger partial charge on any atom is 0.0761 e. The third-order valence-corrected chi connectivity index (χ3v) is 3.20. The van der Waals surface area contributed by atoms with E-state index in [1.807, 2.05) is 54.6 Å². The van der Waals surface area contributed by atoms with Gasteiger partial charge < -0.3 is 10.0 Å². The Hall–Kier alpha value is -2.31. The molecular weight excluding hydrogens is 248 g/mol. The second-order valence-electron chi connectivity index (χ2n) is 4.66. The third kappa shape index (κ3) is 3.37. The summed E-state index contributed by atoms with van der Waals surface area (Å²) in [5.74, 6) is 0. The van der Waals surface area contributed by atoms with Gasteiger partial charge in [-0.2, -0.15) is 5.26 Å². The summed E-state index contributed by atoms with van der Waals surface area (Å²) in [6, 6.07) is 20.0. The maximum absolute atomic E-state index is 9.55. The number of aliphatic hydroxyl groups excluding tert-OH is 1. The lowest BCUT2D eigenvalue weighted by Gasteiger charge is -2.24. The van der Waals surface area contributed by atoms with Crippen LogP contribution in [0.15, 0.2) is 54.6 Å². The molecule has 0 bridgehead atoms. The van der Waals surface area contributed by atoms with Crippen LogP contribution in [0.5, 0.6) is 0 Å². The molecule has 0 aromatic heterocycles. The molecule has 0 amide bonds. The number of para-hydroxylation sites is 1. The van der Waals surface area contributed by atoms with E-state index in [1.165, 1.54) is 0 Å². The van der Waals surface area contributed by atoms with Crippen LogP contribution in [-0.4, -0.2) is 11.7 Å². The zero-order chi connectivity index (χ0) is 14.4. The molecule has 0 aliphatic heterocycles. The Morgan fingerprint density at radius 3 is 2.20 bits per heavy atom. The Labute approximate surface area is 119 Å². The van der Waals surface area contributed by atoms with Crippen molar-refractivity contribution in [2.24, 2.45) is 0 Å². The Morgan fingerprint density at radius 2 is 1.65 bits per heavy atom. The number of aliphatic hydroxyl groups is 1. The fourth-order valence-electron chi connectivity index (χ4n) is 2.11. The van der Waals surface area contributed by atoms with Gasteiger partial charge in [0, 0.05) is 17.9 Å². The van der Waals surface area contributed by atoms with Crippen LogP contribution in [0.3, 0.4) is 0 Å². The molecule has 0 aliphatic carbocycles. The fourth-order valence-corrected chi connectivity index (χ4v) is 2.11. The minimum atomic E-state index is -0.465. The van der Waals surface area contributed by atoms with Gasteiger partial charge in [0.05, 0.1) is 18.6 Å². The van der Waals surface area contributed by atoms with Gasteiger partial charge in [-0.25, -0.2) is 0 Å². The molecule has 3 nitrogen and oxygen atoms in total. The van der Waals surface area contributed by atoms with Crippen molar-refractivity contribution in [3.8, 4) is 6.07 Å². The summed E-state index contributed by atoms with van der Waals surface area (Å²) >= 11 is 0. The van der Waals surface area contributed by atoms with Crippen molar-refractivity contribution in [1.29, 1.82) is 5.26 Å². The predicted molar refractivity (Wildman–Crippen MR) is 80.8 cm³/mol. The van der Waals surface area contributed by atoms with Gasteiger partial charge >= 0.3 is 0 Å². The highest BCUT2D eigenvalue weighted by atomic mass is 16.3. The minimum absolute atomic E-state index is 0.465. The van der Waals surface area contributed by atoms with Crippen LogP contribution >= 0.6 is 0 Å². The minimum Gasteiger partial charge on any atom is -0.389 e. The van der Waals surface area contributed by atoms with Crippen molar-refractivity contribution in [3.05, 3.63) is 60.2 Å². The van der Waals surface area contributed by atoms with Gasteiger partial charge in [-0.15, -0.1) is 0 Å². The van der Waals surface area contributed by atoms with Gasteiger partial charge in [0.25, 0.3) is 0 Å². The first-order valence-electron chi connectivity index (χ1n) is 6.70. The first kappa shape index (κ1) is 14.1. The number of hydrogen-bond donors (Lipinski definition) is 1. The van der Waals surface area contributed by atoms with Crippen LogP contribution in [0, 0.1) is 11.3 Å². The zero-order valence-electron chi connectivity index (χ0n) is 11.5. The Kier molecular flexibility index (Phi) is 4.75. The number of anilines is 2. The quantitative estimate of drug-likeness (QED) is 0.895. The normalized spacial score (nSPS) is 11.7. The average molecular weight is 266 g/mol. The third-order valence-electron chi connectivity index (χ3n) is 3.20. The molecule has 20 heavy (non-hydrogen) atoms. The number of nitrogens with zero attached hydrogens (tertiary/aromatic N) is 2. The molecule has 1 atom stereocenters. The summed E-state index contributed by atoms with van der Waals surface area (Å²) < 4.78 is 0. The molecule has 0 spiro atoms. The summed E-state index contributed by atoms with van der Waals surface area (Å²) in [6.07, 6.45) is 0.000820. The second-order valence-corrected chi connectivity index (χ2v) is 4.66. The predicted octanol–water partition coefficient (Wildman–Crippen LogP) is 3.79. The fraction of sp³-hybridized carbons (Fsp3) is 0.235. The maximum atomic E-state index is 9.55. The van der Waals surface area contributed by atoms with Gasteiger partial charge in [-0.05, 0) is 36.8 Å². The molecule has 2 aromatic rings. The van der Waals surface area contributed by atoms with Crippen molar-refractivity contribution >= 4 is 11.4 Å². The molecule has 1 N–H and O–H groups in total. The smallest absolute Gasteiger partial charge is 0.0761 e. The zero-order valence-corrected chi connectivity index (χ0v) is 11.5. The van der Waals surface area contributed by atoms with Crippen LogP contribution in [-0.2, 0) is 0 Å². The van der Waals surface area contributed by atoms with E-state index in [4.69, 9.17) is 5.26 Å². The van der Waals surface area contributed by atoms with E-state index in [1.54, 1.807) is 6.92 Å². The summed E-state index contributed by atoms with van der Waals surface area (Å²) in [6.45, 7) is 2.40. The highest BCUT2D eigenvalue weighted by Gasteiger charge is 2.09. The van der Waals surface area contributed by atoms with Crippen LogP contribution in [0.1, 0.15) is 25.0 Å². The largest absolute Gasteiger partial charge is 0.389 e. The standard InChI is InChI=1S/C17H18N2O/c1-14(20)15-8-10-17(11-9-15)19(13-5-12-18)16-6-3-2-4-7-16/h2-4,6-11,14,20H,5,13H2,1H3. The molecule has 0 radical (unpaired) electrons. The Bertz CT molecular complexity index is 570. The van der Waals surface area contributed by atoms with E-state index < -0.39 is 6.10 Å². The van der Waals surface area contributed by atoms with Crippen molar-refractivity contribution in [2.75, 3.05) is 11.4 Å². The van der Waals surface area contributed by atoms with E-state index in [2.05, 4.69) is 11.0 Å². The van der Waals surface area contributed by atoms with Gasteiger partial charge in [0.15, 0.2) is 0 Å². The highest BCUT2D eigenvalue weighted by Crippen LogP contribution is 2.26. The first-order valence-corrected chi connectivity index (χ1v) is 6.70. The van der Waals surface area contributed by atoms with Gasteiger partial charge in [0.1, 0.15) is 0 Å². The molecule has 1 unspecified atom stereocenters. The Balaban J connectivity index is 2.29. The molecule has 0 saturated carbocycles. The number of rotatable bonds is 5. The molecule has 2 aromatic carbocycles. The van der Waals surface area contributed by atoms with Crippen molar-refractivity contribution in [2.45, 2.75) is 19.4 Å². The van der Waals surface area contributed by atoms with Gasteiger partial charge in [0.2, 0.25) is 0 Å². The summed E-state index contributed by atoms with van der Waals surface area (Å²) in [4.78, 5) is 2.11. The molecule has 2 rings (SSSR count). The molecule has 0 heterocycles. The summed E-state index contributed by atoms with van der Waals surface area (Å²) in [5.41, 5.74) is 2.98. The van der Waals surface area contributed by atoms with E-state index in [0.717, 1.165) is 16.9 Å². The molecular formula is C17H18N2O. The number of benzene rings is 2. The topological polar surface area (TPSA) is 47.3 Å². The Morgan fingerprint density at radius 1 is 1.05 bits per heavy atom. The molecule has 0 aliphatic rings. The lowest BCUT2D eigenvalue weighted by Crippen LogP contribution is -2.18. The van der Waals surface area contributed by atoms with Crippen LogP contribution < -0.4 is 4.90 Å². The molecule has 102 valence electrons. The summed E-state index contributed by atoms with van der Waals surface area (Å²) in [7, 11) is 0. The lowest BCUT2D eigenvalue weighted by atomic mass is 10.1. The van der Waals surface area contributed by atoms with E-state index in [9.17, 15) is 5.11 Å². The number of hydrogen-bond acceptors (Lipinski definition) is 3. The van der Waals surface area contributed by atoms with Crippen LogP contribution in [0.2, 0.25) is 0 Å². The van der Waals surface area contributed by atoms with E-state index >= 15 is 0 Å². The molecule has 0 fully saturated rings. The van der Waals surface area contributed by atoms with E-state index in [-0.39, 0.29) is 0 Å². The second kappa shape index (κ2) is 6.74. The highest BCUT2D eigenvalue weighted by molar-refractivity contribution is 5.63.